The highest BCUT2D eigenvalue weighted by molar-refractivity contribution is 6.29. The Morgan fingerprint density at radius 1 is 1.44 bits per heavy atom. The SMILES string of the molecule is C=C(Cl)Cc1cccc(OC(/C=C\CC)=C/C)c1. The molecule has 1 nitrogen and oxygen atoms in total. The van der Waals surface area contributed by atoms with Crippen LogP contribution in [0.15, 0.2) is 59.9 Å². The van der Waals surface area contributed by atoms with E-state index in [0.717, 1.165) is 23.5 Å². The van der Waals surface area contributed by atoms with Crippen molar-refractivity contribution in [2.45, 2.75) is 26.7 Å². The van der Waals surface area contributed by atoms with Crippen molar-refractivity contribution in [1.82, 2.24) is 0 Å². The fourth-order valence-corrected chi connectivity index (χ4v) is 1.65. The summed E-state index contributed by atoms with van der Waals surface area (Å²) in [6.45, 7) is 7.75. The van der Waals surface area contributed by atoms with Crippen LogP contribution in [0.1, 0.15) is 25.8 Å². The van der Waals surface area contributed by atoms with Gasteiger partial charge in [0.05, 0.1) is 0 Å². The zero-order chi connectivity index (χ0) is 13.4. The first kappa shape index (κ1) is 14.6. The molecule has 0 aliphatic rings. The predicted molar refractivity (Wildman–Crippen MR) is 79.0 cm³/mol. The number of rotatable bonds is 6. The number of hydrogen-bond acceptors (Lipinski definition) is 1. The lowest BCUT2D eigenvalue weighted by atomic mass is 10.1. The molecule has 0 aliphatic carbocycles. The summed E-state index contributed by atoms with van der Waals surface area (Å²) in [5.41, 5.74) is 1.10. The summed E-state index contributed by atoms with van der Waals surface area (Å²) in [7, 11) is 0. The molecular formula is C16H19ClO. The van der Waals surface area contributed by atoms with E-state index in [2.05, 4.69) is 19.6 Å². The van der Waals surface area contributed by atoms with Gasteiger partial charge in [0.1, 0.15) is 11.5 Å². The minimum Gasteiger partial charge on any atom is -0.458 e. The van der Waals surface area contributed by atoms with Crippen LogP contribution in [-0.4, -0.2) is 0 Å². The molecule has 0 amide bonds. The Kier molecular flexibility index (Phi) is 6.31. The Balaban J connectivity index is 2.77. The van der Waals surface area contributed by atoms with Crippen LogP contribution in [0.25, 0.3) is 0 Å². The van der Waals surface area contributed by atoms with E-state index in [0.29, 0.717) is 11.5 Å². The first-order chi connectivity index (χ1) is 8.65. The molecule has 1 aromatic rings. The lowest BCUT2D eigenvalue weighted by Gasteiger charge is -2.08. The van der Waals surface area contributed by atoms with Gasteiger partial charge in [-0.1, -0.05) is 43.3 Å². The van der Waals surface area contributed by atoms with E-state index < -0.39 is 0 Å². The van der Waals surface area contributed by atoms with E-state index in [1.165, 1.54) is 0 Å². The van der Waals surface area contributed by atoms with Crippen LogP contribution >= 0.6 is 11.6 Å². The Hall–Kier alpha value is -1.47. The molecule has 18 heavy (non-hydrogen) atoms. The van der Waals surface area contributed by atoms with Crippen LogP contribution in [0, 0.1) is 0 Å². The van der Waals surface area contributed by atoms with E-state index >= 15 is 0 Å². The van der Waals surface area contributed by atoms with E-state index in [1.807, 2.05) is 43.3 Å². The highest BCUT2D eigenvalue weighted by Crippen LogP contribution is 2.19. The van der Waals surface area contributed by atoms with Gasteiger partial charge in [0.25, 0.3) is 0 Å². The number of ether oxygens (including phenoxy) is 1. The highest BCUT2D eigenvalue weighted by atomic mass is 35.5. The molecule has 0 spiro atoms. The van der Waals surface area contributed by atoms with Crippen molar-refractivity contribution in [2.24, 2.45) is 0 Å². The van der Waals surface area contributed by atoms with Crippen molar-refractivity contribution < 1.29 is 4.74 Å². The summed E-state index contributed by atoms with van der Waals surface area (Å²) < 4.78 is 5.79. The largest absolute Gasteiger partial charge is 0.458 e. The van der Waals surface area contributed by atoms with Crippen LogP contribution in [-0.2, 0) is 6.42 Å². The van der Waals surface area contributed by atoms with Crippen molar-refractivity contribution in [1.29, 1.82) is 0 Å². The smallest absolute Gasteiger partial charge is 0.127 e. The predicted octanol–water partition coefficient (Wildman–Crippen LogP) is 5.23. The Morgan fingerprint density at radius 2 is 2.22 bits per heavy atom. The molecule has 0 N–H and O–H groups in total. The van der Waals surface area contributed by atoms with Gasteiger partial charge >= 0.3 is 0 Å². The van der Waals surface area contributed by atoms with Crippen molar-refractivity contribution in [3.63, 3.8) is 0 Å². The standard InChI is InChI=1S/C16H19ClO/c1-4-6-9-15(5-2)18-16-10-7-8-14(12-16)11-13(3)17/h5-10,12H,3-4,11H2,1-2H3/b9-6-,15-5+. The van der Waals surface area contributed by atoms with Gasteiger partial charge in [-0.3, -0.25) is 0 Å². The lowest BCUT2D eigenvalue weighted by Crippen LogP contribution is -1.93. The van der Waals surface area contributed by atoms with Crippen LogP contribution in [0.4, 0.5) is 0 Å². The molecule has 1 rings (SSSR count). The maximum atomic E-state index is 5.81. The first-order valence-electron chi connectivity index (χ1n) is 6.08. The van der Waals surface area contributed by atoms with Crippen molar-refractivity contribution in [3.05, 3.63) is 65.4 Å². The zero-order valence-corrected chi connectivity index (χ0v) is 11.7. The average molecular weight is 263 g/mol. The minimum atomic E-state index is 0.629. The lowest BCUT2D eigenvalue weighted by molar-refractivity contribution is 0.442. The maximum Gasteiger partial charge on any atom is 0.127 e. The summed E-state index contributed by atoms with van der Waals surface area (Å²) in [5.74, 6) is 1.66. The maximum absolute atomic E-state index is 5.81. The molecule has 1 aromatic carbocycles. The number of halogens is 1. The molecule has 0 unspecified atom stereocenters. The normalized spacial score (nSPS) is 11.8. The van der Waals surface area contributed by atoms with Gasteiger partial charge in [-0.05, 0) is 43.2 Å². The van der Waals surface area contributed by atoms with Gasteiger partial charge in [0.2, 0.25) is 0 Å². The molecule has 2 heteroatoms. The molecule has 0 fully saturated rings. The Bertz CT molecular complexity index is 458. The molecule has 0 aliphatic heterocycles. The summed E-state index contributed by atoms with van der Waals surface area (Å²) in [4.78, 5) is 0. The van der Waals surface area contributed by atoms with Gasteiger partial charge in [-0.25, -0.2) is 0 Å². The summed E-state index contributed by atoms with van der Waals surface area (Å²) in [5, 5.41) is 0.629. The number of benzene rings is 1. The van der Waals surface area contributed by atoms with E-state index in [9.17, 15) is 0 Å². The van der Waals surface area contributed by atoms with Gasteiger partial charge in [-0.15, -0.1) is 0 Å². The third-order valence-corrected chi connectivity index (χ3v) is 2.47. The molecule has 0 bridgehead atoms. The van der Waals surface area contributed by atoms with Gasteiger partial charge < -0.3 is 4.74 Å². The molecule has 0 radical (unpaired) electrons. The molecule has 0 saturated carbocycles. The molecule has 0 atom stereocenters. The molecular weight excluding hydrogens is 244 g/mol. The number of allylic oxidation sites excluding steroid dienone is 4. The van der Waals surface area contributed by atoms with Gasteiger partial charge in [0.15, 0.2) is 0 Å². The zero-order valence-electron chi connectivity index (χ0n) is 10.9. The van der Waals surface area contributed by atoms with Crippen molar-refractivity contribution in [3.8, 4) is 5.75 Å². The van der Waals surface area contributed by atoms with Gasteiger partial charge in [-0.2, -0.15) is 0 Å². The van der Waals surface area contributed by atoms with E-state index in [1.54, 1.807) is 0 Å². The molecule has 96 valence electrons. The fraction of sp³-hybridized carbons (Fsp3) is 0.250. The van der Waals surface area contributed by atoms with Crippen molar-refractivity contribution in [2.75, 3.05) is 0 Å². The Morgan fingerprint density at radius 3 is 2.83 bits per heavy atom. The number of hydrogen-bond donors (Lipinski definition) is 0. The van der Waals surface area contributed by atoms with Gasteiger partial charge in [0, 0.05) is 11.5 Å². The van der Waals surface area contributed by atoms with E-state index in [-0.39, 0.29) is 0 Å². The fourth-order valence-electron chi connectivity index (χ4n) is 1.50. The van der Waals surface area contributed by atoms with E-state index in [4.69, 9.17) is 16.3 Å². The Labute approximate surface area is 114 Å². The quantitative estimate of drug-likeness (QED) is 0.504. The monoisotopic (exact) mass is 262 g/mol. The summed E-state index contributed by atoms with van der Waals surface area (Å²) in [6, 6.07) is 7.89. The second-order valence-corrected chi connectivity index (χ2v) is 4.48. The topological polar surface area (TPSA) is 9.23 Å². The third kappa shape index (κ3) is 5.24. The summed E-state index contributed by atoms with van der Waals surface area (Å²) >= 11 is 5.81. The summed E-state index contributed by atoms with van der Waals surface area (Å²) in [6.07, 6.45) is 7.65. The van der Waals surface area contributed by atoms with Crippen LogP contribution < -0.4 is 4.74 Å². The van der Waals surface area contributed by atoms with Crippen LogP contribution in [0.5, 0.6) is 5.75 Å². The highest BCUT2D eigenvalue weighted by Gasteiger charge is 2.00. The first-order valence-corrected chi connectivity index (χ1v) is 6.46. The minimum absolute atomic E-state index is 0.629. The second-order valence-electron chi connectivity index (χ2n) is 3.95. The van der Waals surface area contributed by atoms with Crippen LogP contribution in [0.2, 0.25) is 0 Å². The molecule has 0 aromatic heterocycles. The second kappa shape index (κ2) is 7.78. The molecule has 0 saturated heterocycles. The molecule has 0 heterocycles. The average Bonchev–Trinajstić information content (AvgIpc) is 2.34. The third-order valence-electron chi connectivity index (χ3n) is 2.33. The van der Waals surface area contributed by atoms with Crippen LogP contribution in [0.3, 0.4) is 0 Å². The van der Waals surface area contributed by atoms with Crippen molar-refractivity contribution >= 4 is 11.6 Å².